The number of benzene rings is 1. The molecule has 0 bridgehead atoms. The molecule has 1 aliphatic carbocycles. The first-order valence-electron chi connectivity index (χ1n) is 9.09. The third-order valence-electron chi connectivity index (χ3n) is 5.13. The minimum atomic E-state index is -0.191. The fourth-order valence-electron chi connectivity index (χ4n) is 3.55. The predicted octanol–water partition coefficient (Wildman–Crippen LogP) is 2.88. The molecule has 0 fully saturated rings. The van der Waals surface area contributed by atoms with Crippen molar-refractivity contribution in [3.63, 3.8) is 0 Å². The van der Waals surface area contributed by atoms with Crippen LogP contribution in [0.2, 0.25) is 0 Å². The van der Waals surface area contributed by atoms with E-state index < -0.39 is 0 Å². The molecule has 2 heterocycles. The first-order chi connectivity index (χ1) is 12.9. The molecule has 2 amide bonds. The van der Waals surface area contributed by atoms with Gasteiger partial charge in [-0.25, -0.2) is 14.6 Å². The number of anilines is 1. The Morgan fingerprint density at radius 1 is 1.22 bits per heavy atom. The highest BCUT2D eigenvalue weighted by molar-refractivity contribution is 7.11. The Balaban J connectivity index is 1.48. The van der Waals surface area contributed by atoms with Crippen LogP contribution in [0, 0.1) is 0 Å². The molecule has 3 aromatic rings. The first-order valence-corrected chi connectivity index (χ1v) is 9.90. The Morgan fingerprint density at radius 2 is 1.96 bits per heavy atom. The molecule has 4 rings (SSSR count). The lowest BCUT2D eigenvalue weighted by Gasteiger charge is -2.16. The van der Waals surface area contributed by atoms with Gasteiger partial charge < -0.3 is 10.2 Å². The van der Waals surface area contributed by atoms with Gasteiger partial charge in [0.15, 0.2) is 0 Å². The molecule has 0 saturated heterocycles. The summed E-state index contributed by atoms with van der Waals surface area (Å²) in [5, 5.41) is 3.90. The van der Waals surface area contributed by atoms with Crippen LogP contribution in [0.5, 0.6) is 0 Å². The molecule has 0 saturated carbocycles. The molecule has 1 N–H and O–H groups in total. The Hall–Kier alpha value is -2.61. The number of carbonyl (C=O) groups is 1. The van der Waals surface area contributed by atoms with Crippen LogP contribution in [0.4, 0.5) is 10.5 Å². The standard InChI is InChI=1S/C19H23N5O2S/c1-22(11-17-21-13-6-4-5-7-16(13)27-17)18(25)20-12-8-9-14-15(10-12)24(3)19(26)23(14)2/h8-10H,4-7,11H2,1-3H3,(H,20,25). The number of aromatic nitrogens is 3. The third kappa shape index (κ3) is 3.25. The maximum atomic E-state index is 12.6. The number of hydrogen-bond acceptors (Lipinski definition) is 4. The largest absolute Gasteiger partial charge is 0.328 e. The van der Waals surface area contributed by atoms with Crippen molar-refractivity contribution in [3.05, 3.63) is 44.3 Å². The number of carbonyl (C=O) groups excluding carboxylic acids is 1. The zero-order valence-corrected chi connectivity index (χ0v) is 16.6. The average Bonchev–Trinajstić information content (AvgIpc) is 3.16. The smallest absolute Gasteiger partial charge is 0.321 e. The topological polar surface area (TPSA) is 72.2 Å². The summed E-state index contributed by atoms with van der Waals surface area (Å²) in [5.41, 5.74) is 3.42. The van der Waals surface area contributed by atoms with Crippen LogP contribution >= 0.6 is 11.3 Å². The van der Waals surface area contributed by atoms with Crippen molar-refractivity contribution in [1.29, 1.82) is 0 Å². The number of nitrogens with zero attached hydrogens (tertiary/aromatic N) is 4. The lowest BCUT2D eigenvalue weighted by molar-refractivity contribution is 0.220. The zero-order chi connectivity index (χ0) is 19.1. The van der Waals surface area contributed by atoms with Gasteiger partial charge in [-0.2, -0.15) is 0 Å². The number of nitrogens with one attached hydrogen (secondary N) is 1. The van der Waals surface area contributed by atoms with Crippen LogP contribution in [0.3, 0.4) is 0 Å². The minimum absolute atomic E-state index is 0.0849. The summed E-state index contributed by atoms with van der Waals surface area (Å²) >= 11 is 1.72. The number of aryl methyl sites for hydroxylation is 4. The molecular formula is C19H23N5O2S. The SMILES string of the molecule is CN(Cc1nc2c(s1)CCCC2)C(=O)Nc1ccc2c(c1)n(C)c(=O)n2C. The Morgan fingerprint density at radius 3 is 2.74 bits per heavy atom. The lowest BCUT2D eigenvalue weighted by atomic mass is 10.0. The highest BCUT2D eigenvalue weighted by Gasteiger charge is 2.18. The van der Waals surface area contributed by atoms with E-state index in [1.54, 1.807) is 46.5 Å². The van der Waals surface area contributed by atoms with Crippen LogP contribution in [-0.4, -0.2) is 32.1 Å². The number of thiazole rings is 1. The highest BCUT2D eigenvalue weighted by atomic mass is 32.1. The molecule has 0 radical (unpaired) electrons. The van der Waals surface area contributed by atoms with E-state index >= 15 is 0 Å². The number of hydrogen-bond donors (Lipinski definition) is 1. The second-order valence-electron chi connectivity index (χ2n) is 7.07. The van der Waals surface area contributed by atoms with Crippen molar-refractivity contribution in [3.8, 4) is 0 Å². The number of imidazole rings is 1. The Kier molecular flexibility index (Phi) is 4.51. The molecule has 27 heavy (non-hydrogen) atoms. The summed E-state index contributed by atoms with van der Waals surface area (Å²) in [6, 6.07) is 5.30. The Labute approximate surface area is 161 Å². The molecule has 1 aliphatic rings. The second-order valence-corrected chi connectivity index (χ2v) is 8.24. The minimum Gasteiger partial charge on any atom is -0.321 e. The van der Waals surface area contributed by atoms with Crippen molar-refractivity contribution in [2.24, 2.45) is 14.1 Å². The summed E-state index contributed by atoms with van der Waals surface area (Å²) in [6.45, 7) is 0.496. The van der Waals surface area contributed by atoms with E-state index in [2.05, 4.69) is 5.32 Å². The Bertz CT molecular complexity index is 1050. The summed E-state index contributed by atoms with van der Waals surface area (Å²) in [5.74, 6) is 0. The van der Waals surface area contributed by atoms with Crippen LogP contribution in [0.15, 0.2) is 23.0 Å². The van der Waals surface area contributed by atoms with E-state index in [1.807, 2.05) is 18.2 Å². The maximum absolute atomic E-state index is 12.6. The molecule has 7 nitrogen and oxygen atoms in total. The van der Waals surface area contributed by atoms with E-state index in [0.29, 0.717) is 12.2 Å². The van der Waals surface area contributed by atoms with Crippen molar-refractivity contribution in [1.82, 2.24) is 19.0 Å². The zero-order valence-electron chi connectivity index (χ0n) is 15.8. The number of amides is 2. The van der Waals surface area contributed by atoms with Gasteiger partial charge in [-0.3, -0.25) is 9.13 Å². The van der Waals surface area contributed by atoms with E-state index in [9.17, 15) is 9.59 Å². The van der Waals surface area contributed by atoms with E-state index in [1.165, 1.54) is 23.4 Å². The molecular weight excluding hydrogens is 362 g/mol. The molecule has 1 aromatic carbocycles. The van der Waals surface area contributed by atoms with Gasteiger partial charge in [-0.15, -0.1) is 11.3 Å². The van der Waals surface area contributed by atoms with Gasteiger partial charge >= 0.3 is 11.7 Å². The molecule has 0 spiro atoms. The highest BCUT2D eigenvalue weighted by Crippen LogP contribution is 2.27. The monoisotopic (exact) mass is 385 g/mol. The maximum Gasteiger partial charge on any atom is 0.328 e. The van der Waals surface area contributed by atoms with Gasteiger partial charge in [0.2, 0.25) is 0 Å². The van der Waals surface area contributed by atoms with Crippen LogP contribution in [0.1, 0.15) is 28.4 Å². The van der Waals surface area contributed by atoms with Crippen molar-refractivity contribution in [2.75, 3.05) is 12.4 Å². The average molecular weight is 385 g/mol. The van der Waals surface area contributed by atoms with Crippen LogP contribution in [-0.2, 0) is 33.5 Å². The van der Waals surface area contributed by atoms with Crippen LogP contribution < -0.4 is 11.0 Å². The number of fused-ring (bicyclic) bond motifs is 2. The molecule has 0 atom stereocenters. The third-order valence-corrected chi connectivity index (χ3v) is 6.27. The van der Waals surface area contributed by atoms with Crippen molar-refractivity contribution in [2.45, 2.75) is 32.2 Å². The van der Waals surface area contributed by atoms with Gasteiger partial charge in [-0.05, 0) is 43.9 Å². The van der Waals surface area contributed by atoms with Crippen LogP contribution in [0.25, 0.3) is 11.0 Å². The van der Waals surface area contributed by atoms with Crippen molar-refractivity contribution >= 4 is 34.1 Å². The van der Waals surface area contributed by atoms with Gasteiger partial charge in [0.25, 0.3) is 0 Å². The normalized spacial score (nSPS) is 13.6. The molecule has 8 heteroatoms. The van der Waals surface area contributed by atoms with E-state index in [4.69, 9.17) is 4.98 Å². The lowest BCUT2D eigenvalue weighted by Crippen LogP contribution is -2.30. The first kappa shape index (κ1) is 17.8. The van der Waals surface area contributed by atoms with Gasteiger partial charge in [0.05, 0.1) is 23.3 Å². The number of urea groups is 1. The predicted molar refractivity (Wildman–Crippen MR) is 107 cm³/mol. The van der Waals surface area contributed by atoms with Crippen molar-refractivity contribution < 1.29 is 4.79 Å². The molecule has 142 valence electrons. The van der Waals surface area contributed by atoms with Gasteiger partial charge in [0, 0.05) is 31.7 Å². The molecule has 2 aromatic heterocycles. The fourth-order valence-corrected chi connectivity index (χ4v) is 4.76. The summed E-state index contributed by atoms with van der Waals surface area (Å²) in [7, 11) is 5.24. The number of rotatable bonds is 3. The summed E-state index contributed by atoms with van der Waals surface area (Å²) in [6.07, 6.45) is 4.60. The van der Waals surface area contributed by atoms with E-state index in [-0.39, 0.29) is 11.7 Å². The summed E-state index contributed by atoms with van der Waals surface area (Å²) in [4.78, 5) is 32.3. The molecule has 0 unspecified atom stereocenters. The van der Waals surface area contributed by atoms with Gasteiger partial charge in [-0.1, -0.05) is 0 Å². The molecule has 0 aliphatic heterocycles. The quantitative estimate of drug-likeness (QED) is 0.753. The second kappa shape index (κ2) is 6.84. The fraction of sp³-hybridized carbons (Fsp3) is 0.421. The van der Waals surface area contributed by atoms with Gasteiger partial charge in [0.1, 0.15) is 5.01 Å². The van der Waals surface area contributed by atoms with E-state index in [0.717, 1.165) is 28.9 Å². The summed E-state index contributed by atoms with van der Waals surface area (Å²) < 4.78 is 3.17.